The number of likely N-dealkylation sites (tertiary alicyclic amines) is 1. The second-order valence-corrected chi connectivity index (χ2v) is 7.35. The molecule has 3 rings (SSSR count). The average Bonchev–Trinajstić information content (AvgIpc) is 2.94. The van der Waals surface area contributed by atoms with Crippen molar-refractivity contribution in [1.29, 1.82) is 0 Å². The minimum Gasteiger partial charge on any atom is -0.497 e. The van der Waals surface area contributed by atoms with Gasteiger partial charge in [0, 0.05) is 16.6 Å². The molecule has 1 aliphatic rings. The molecule has 1 atom stereocenters. The monoisotopic (exact) mass is 458 g/mol. The Bertz CT molecular complexity index is 983. The molecule has 0 spiro atoms. The van der Waals surface area contributed by atoms with E-state index in [4.69, 9.17) is 10.5 Å². The lowest BCUT2D eigenvalue weighted by atomic mass is 9.90. The molecule has 2 aromatic rings. The highest BCUT2D eigenvalue weighted by Gasteiger charge is 2.46. The van der Waals surface area contributed by atoms with Crippen molar-refractivity contribution in [3.63, 3.8) is 0 Å². The number of amides is 1. The van der Waals surface area contributed by atoms with Gasteiger partial charge in [0.1, 0.15) is 12.3 Å². The summed E-state index contributed by atoms with van der Waals surface area (Å²) in [4.78, 5) is 38.0. The first-order valence-corrected chi connectivity index (χ1v) is 9.56. The van der Waals surface area contributed by atoms with Crippen LogP contribution in [0.3, 0.4) is 0 Å². The Hall–Kier alpha value is -2.97. The van der Waals surface area contributed by atoms with Gasteiger partial charge in [-0.1, -0.05) is 40.2 Å². The van der Waals surface area contributed by atoms with Gasteiger partial charge in [-0.25, -0.2) is 0 Å². The van der Waals surface area contributed by atoms with Gasteiger partial charge in [-0.15, -0.1) is 0 Å². The molecule has 1 fully saturated rings. The quantitative estimate of drug-likeness (QED) is 0.507. The van der Waals surface area contributed by atoms with E-state index in [9.17, 15) is 19.5 Å². The van der Waals surface area contributed by atoms with Crippen molar-refractivity contribution in [2.45, 2.75) is 6.04 Å². The number of ether oxygens (including phenoxy) is 1. The summed E-state index contributed by atoms with van der Waals surface area (Å²) in [6, 6.07) is 13.2. The Kier molecular flexibility index (Phi) is 6.14. The Balaban J connectivity index is 2.21. The lowest BCUT2D eigenvalue weighted by Gasteiger charge is -2.24. The van der Waals surface area contributed by atoms with Crippen molar-refractivity contribution in [2.75, 3.05) is 20.2 Å². The van der Waals surface area contributed by atoms with Crippen LogP contribution in [0.15, 0.2) is 58.6 Å². The number of carboxylic acids is 1. The van der Waals surface area contributed by atoms with Crippen LogP contribution in [0.2, 0.25) is 0 Å². The molecule has 0 saturated carbocycles. The molecule has 1 saturated heterocycles. The zero-order valence-corrected chi connectivity index (χ0v) is 17.2. The molecule has 0 aliphatic carbocycles. The number of carboxylic acid groups (broad SMARTS) is 1. The number of nitrogens with two attached hydrogens (primary N) is 1. The molecule has 0 aromatic heterocycles. The van der Waals surface area contributed by atoms with Gasteiger partial charge in [-0.05, 0) is 41.0 Å². The zero-order chi connectivity index (χ0) is 21.1. The topological polar surface area (TPSA) is 110 Å². The van der Waals surface area contributed by atoms with Gasteiger partial charge in [0.25, 0.3) is 5.91 Å². The molecule has 1 unspecified atom stereocenters. The first kappa shape index (κ1) is 20.8. The molecule has 0 bridgehead atoms. The second-order valence-electron chi connectivity index (χ2n) is 6.43. The van der Waals surface area contributed by atoms with E-state index < -0.39 is 30.2 Å². The Morgan fingerprint density at radius 3 is 2.28 bits per heavy atom. The summed E-state index contributed by atoms with van der Waals surface area (Å²) in [5.41, 5.74) is 7.97. The van der Waals surface area contributed by atoms with Gasteiger partial charge in [-0.2, -0.15) is 0 Å². The van der Waals surface area contributed by atoms with Crippen molar-refractivity contribution in [1.82, 2.24) is 4.90 Å². The second kappa shape index (κ2) is 8.59. The average molecular weight is 459 g/mol. The van der Waals surface area contributed by atoms with E-state index in [1.807, 2.05) is 0 Å². The van der Waals surface area contributed by atoms with Gasteiger partial charge in [0.2, 0.25) is 5.78 Å². The van der Waals surface area contributed by atoms with E-state index in [-0.39, 0.29) is 12.1 Å². The van der Waals surface area contributed by atoms with Crippen LogP contribution in [0.25, 0.3) is 5.57 Å². The van der Waals surface area contributed by atoms with E-state index in [0.717, 1.165) is 9.37 Å². The molecule has 1 heterocycles. The van der Waals surface area contributed by atoms with Crippen LogP contribution < -0.4 is 10.5 Å². The van der Waals surface area contributed by atoms with Crippen LogP contribution in [0.4, 0.5) is 0 Å². The van der Waals surface area contributed by atoms with Crippen LogP contribution in [-0.2, 0) is 14.4 Å². The van der Waals surface area contributed by atoms with E-state index >= 15 is 0 Å². The number of ketones is 1. The fourth-order valence-corrected chi connectivity index (χ4v) is 3.69. The number of rotatable bonds is 6. The van der Waals surface area contributed by atoms with E-state index in [1.54, 1.807) is 55.6 Å². The van der Waals surface area contributed by atoms with Gasteiger partial charge in [-0.3, -0.25) is 14.4 Å². The third-order valence-corrected chi connectivity index (χ3v) is 5.27. The van der Waals surface area contributed by atoms with Crippen molar-refractivity contribution < 1.29 is 24.2 Å². The van der Waals surface area contributed by atoms with Gasteiger partial charge < -0.3 is 20.5 Å². The van der Waals surface area contributed by atoms with Gasteiger partial charge in [0.15, 0.2) is 0 Å². The number of methoxy groups -OCH3 is 1. The minimum atomic E-state index is -1.20. The standard InChI is InChI=1S/C21H19BrN2O5/c1-29-15-8-4-12(5-9-15)16(10-23)18-19(13-2-6-14(22)7-3-13)24(11-17(25)26)21(28)20(18)27/h2-9,19H,10-11,23H2,1H3,(H,25,26). The number of aliphatic carboxylic acids is 1. The maximum absolute atomic E-state index is 12.9. The summed E-state index contributed by atoms with van der Waals surface area (Å²) < 4.78 is 5.98. The first-order chi connectivity index (χ1) is 13.9. The zero-order valence-electron chi connectivity index (χ0n) is 15.6. The number of carbonyl (C=O) groups excluding carboxylic acids is 2. The molecular weight excluding hydrogens is 440 g/mol. The summed E-state index contributed by atoms with van der Waals surface area (Å²) in [5.74, 6) is -2.15. The number of nitrogens with zero attached hydrogens (tertiary/aromatic N) is 1. The fourth-order valence-electron chi connectivity index (χ4n) is 3.42. The molecule has 3 N–H and O–H groups in total. The lowest BCUT2D eigenvalue weighted by Crippen LogP contribution is -2.34. The highest BCUT2D eigenvalue weighted by molar-refractivity contribution is 9.10. The summed E-state index contributed by atoms with van der Waals surface area (Å²) in [6.07, 6.45) is 0. The Morgan fingerprint density at radius 2 is 1.76 bits per heavy atom. The predicted molar refractivity (Wildman–Crippen MR) is 110 cm³/mol. The number of hydrogen-bond acceptors (Lipinski definition) is 5. The summed E-state index contributed by atoms with van der Waals surface area (Å²) >= 11 is 3.36. The number of halogens is 1. The van der Waals surface area contributed by atoms with Crippen molar-refractivity contribution in [3.05, 3.63) is 69.7 Å². The summed E-state index contributed by atoms with van der Waals surface area (Å²) in [6.45, 7) is -0.579. The van der Waals surface area contributed by atoms with E-state index in [0.29, 0.717) is 22.4 Å². The lowest BCUT2D eigenvalue weighted by molar-refractivity contribution is -0.146. The number of carbonyl (C=O) groups is 3. The minimum absolute atomic E-state index is 0.00855. The molecule has 0 radical (unpaired) electrons. The Morgan fingerprint density at radius 1 is 1.14 bits per heavy atom. The molecule has 2 aromatic carbocycles. The number of benzene rings is 2. The maximum atomic E-state index is 12.9. The normalized spacial score (nSPS) is 18.2. The van der Waals surface area contributed by atoms with Crippen molar-refractivity contribution in [3.8, 4) is 5.75 Å². The molecule has 7 nitrogen and oxygen atoms in total. The SMILES string of the molecule is COc1ccc(C(CN)=C2C(=O)C(=O)N(CC(=O)O)C2c2ccc(Br)cc2)cc1. The van der Waals surface area contributed by atoms with Crippen LogP contribution in [0, 0.1) is 0 Å². The fraction of sp³-hybridized carbons (Fsp3) is 0.190. The predicted octanol–water partition coefficient (Wildman–Crippen LogP) is 2.41. The van der Waals surface area contributed by atoms with Crippen molar-refractivity contribution >= 4 is 39.2 Å². The van der Waals surface area contributed by atoms with Crippen LogP contribution >= 0.6 is 15.9 Å². The smallest absolute Gasteiger partial charge is 0.323 e. The van der Waals surface area contributed by atoms with E-state index in [2.05, 4.69) is 15.9 Å². The van der Waals surface area contributed by atoms with E-state index in [1.165, 1.54) is 0 Å². The highest BCUT2D eigenvalue weighted by atomic mass is 79.9. The molecule has 150 valence electrons. The van der Waals surface area contributed by atoms with Crippen LogP contribution in [-0.4, -0.2) is 47.9 Å². The molecule has 1 aliphatic heterocycles. The third kappa shape index (κ3) is 4.08. The maximum Gasteiger partial charge on any atom is 0.323 e. The largest absolute Gasteiger partial charge is 0.497 e. The molecular formula is C21H19BrN2O5. The molecule has 29 heavy (non-hydrogen) atoms. The summed E-state index contributed by atoms with van der Waals surface area (Å²) in [5, 5.41) is 9.28. The third-order valence-electron chi connectivity index (χ3n) is 4.74. The number of hydrogen-bond donors (Lipinski definition) is 2. The van der Waals surface area contributed by atoms with Gasteiger partial charge >= 0.3 is 5.97 Å². The highest BCUT2D eigenvalue weighted by Crippen LogP contribution is 2.40. The van der Waals surface area contributed by atoms with Crippen LogP contribution in [0.1, 0.15) is 17.2 Å². The molecule has 8 heteroatoms. The first-order valence-electron chi connectivity index (χ1n) is 8.77. The summed E-state index contributed by atoms with van der Waals surface area (Å²) in [7, 11) is 1.55. The van der Waals surface area contributed by atoms with Gasteiger partial charge in [0.05, 0.1) is 13.2 Å². The number of Topliss-reactive ketones (excluding diaryl/α,β-unsaturated/α-hetero) is 1. The Labute approximate surface area is 175 Å². The van der Waals surface area contributed by atoms with Crippen LogP contribution in [0.5, 0.6) is 5.75 Å². The molecule has 1 amide bonds. The van der Waals surface area contributed by atoms with Crippen molar-refractivity contribution in [2.24, 2.45) is 5.73 Å².